The summed E-state index contributed by atoms with van der Waals surface area (Å²) in [6.07, 6.45) is 1.51. The van der Waals surface area contributed by atoms with Crippen LogP contribution < -0.4 is 5.32 Å². The number of anilines is 2. The molecule has 0 aliphatic heterocycles. The van der Waals surface area contributed by atoms with Gasteiger partial charge in [-0.3, -0.25) is 0 Å². The van der Waals surface area contributed by atoms with Gasteiger partial charge in [-0.25, -0.2) is 9.37 Å². The van der Waals surface area contributed by atoms with E-state index in [1.165, 1.54) is 12.4 Å². The zero-order chi connectivity index (χ0) is 12.5. The van der Waals surface area contributed by atoms with E-state index >= 15 is 0 Å². The first-order valence-electron chi connectivity index (χ1n) is 5.19. The summed E-state index contributed by atoms with van der Waals surface area (Å²) < 4.78 is 13.8. The number of nitrogens with one attached hydrogen (secondary N) is 3. The number of aromatic amines is 2. The molecule has 18 heavy (non-hydrogen) atoms. The maximum Gasteiger partial charge on any atom is 0.200 e. The third-order valence-corrected chi connectivity index (χ3v) is 2.64. The Balaban J connectivity index is 2.13. The summed E-state index contributed by atoms with van der Waals surface area (Å²) in [5.41, 5.74) is 1.48. The molecular formula is C11H8FN5S. The molecule has 0 atom stereocenters. The largest absolute Gasteiger partial charge is 0.340 e. The van der Waals surface area contributed by atoms with Gasteiger partial charge >= 0.3 is 0 Å². The molecular weight excluding hydrogens is 253 g/mol. The summed E-state index contributed by atoms with van der Waals surface area (Å²) in [6.45, 7) is 0. The second-order valence-corrected chi connectivity index (χ2v) is 4.01. The highest BCUT2D eigenvalue weighted by Crippen LogP contribution is 2.22. The molecule has 5 nitrogen and oxygen atoms in total. The lowest BCUT2D eigenvalue weighted by Crippen LogP contribution is -1.98. The summed E-state index contributed by atoms with van der Waals surface area (Å²) in [5.74, 6) is 0.189. The van der Waals surface area contributed by atoms with Crippen LogP contribution in [0.3, 0.4) is 0 Å². The molecule has 0 saturated carbocycles. The Bertz CT molecular complexity index is 763. The van der Waals surface area contributed by atoms with Crippen LogP contribution >= 0.6 is 12.2 Å². The third kappa shape index (κ3) is 1.84. The van der Waals surface area contributed by atoms with Crippen molar-refractivity contribution in [3.63, 3.8) is 0 Å². The van der Waals surface area contributed by atoms with Crippen molar-refractivity contribution in [1.29, 1.82) is 0 Å². The van der Waals surface area contributed by atoms with Crippen LogP contribution in [-0.2, 0) is 0 Å². The Morgan fingerprint density at radius 3 is 2.94 bits per heavy atom. The minimum absolute atomic E-state index is 0.286. The zero-order valence-corrected chi connectivity index (χ0v) is 9.88. The van der Waals surface area contributed by atoms with Crippen LogP contribution in [0.4, 0.5) is 15.9 Å². The van der Waals surface area contributed by atoms with E-state index in [-0.39, 0.29) is 10.6 Å². The van der Waals surface area contributed by atoms with Crippen LogP contribution in [0.5, 0.6) is 0 Å². The average Bonchev–Trinajstić information content (AvgIpc) is 2.80. The van der Waals surface area contributed by atoms with E-state index < -0.39 is 0 Å². The van der Waals surface area contributed by atoms with E-state index in [4.69, 9.17) is 12.2 Å². The van der Waals surface area contributed by atoms with Crippen LogP contribution in [0.1, 0.15) is 0 Å². The molecule has 0 radical (unpaired) electrons. The lowest BCUT2D eigenvalue weighted by Gasteiger charge is -2.07. The average molecular weight is 261 g/mol. The summed E-state index contributed by atoms with van der Waals surface area (Å²) in [4.78, 5) is 13.8. The van der Waals surface area contributed by atoms with Gasteiger partial charge in [0, 0.05) is 0 Å². The first-order valence-corrected chi connectivity index (χ1v) is 5.60. The van der Waals surface area contributed by atoms with Crippen molar-refractivity contribution in [1.82, 2.24) is 19.9 Å². The third-order valence-electron chi connectivity index (χ3n) is 2.44. The molecule has 3 rings (SSSR count). The van der Waals surface area contributed by atoms with E-state index in [9.17, 15) is 4.39 Å². The fourth-order valence-electron chi connectivity index (χ4n) is 1.64. The second-order valence-electron chi connectivity index (χ2n) is 3.62. The van der Waals surface area contributed by atoms with E-state index in [1.54, 1.807) is 18.2 Å². The second kappa shape index (κ2) is 4.19. The number of imidazole rings is 1. The maximum absolute atomic E-state index is 13.6. The molecule has 0 amide bonds. The fourth-order valence-corrected chi connectivity index (χ4v) is 1.83. The number of fused-ring (bicyclic) bond motifs is 1. The van der Waals surface area contributed by atoms with Crippen molar-refractivity contribution >= 4 is 34.9 Å². The van der Waals surface area contributed by atoms with Crippen molar-refractivity contribution < 1.29 is 4.39 Å². The summed E-state index contributed by atoms with van der Waals surface area (Å²) in [6, 6.07) is 6.38. The van der Waals surface area contributed by atoms with E-state index in [0.29, 0.717) is 22.7 Å². The summed E-state index contributed by atoms with van der Waals surface area (Å²) in [5, 5.41) is 2.93. The SMILES string of the molecule is Fc1ccccc1Nc1[nH]c(=S)nc2nc[nH]c12. The topological polar surface area (TPSA) is 69.4 Å². The molecule has 0 fully saturated rings. The van der Waals surface area contributed by atoms with Crippen molar-refractivity contribution in [2.45, 2.75) is 0 Å². The fraction of sp³-hybridized carbons (Fsp3) is 0. The van der Waals surface area contributed by atoms with Gasteiger partial charge in [0.25, 0.3) is 0 Å². The van der Waals surface area contributed by atoms with Gasteiger partial charge < -0.3 is 15.3 Å². The Morgan fingerprint density at radius 1 is 1.28 bits per heavy atom. The Labute approximate surface area is 106 Å². The van der Waals surface area contributed by atoms with Crippen LogP contribution in [0.2, 0.25) is 0 Å². The number of para-hydroxylation sites is 1. The number of aromatic nitrogens is 4. The monoisotopic (exact) mass is 261 g/mol. The van der Waals surface area contributed by atoms with Crippen molar-refractivity contribution in [2.75, 3.05) is 5.32 Å². The predicted octanol–water partition coefficient (Wildman–Crippen LogP) is 2.90. The number of rotatable bonds is 2. The molecule has 1 aromatic carbocycles. The Hall–Kier alpha value is -2.28. The van der Waals surface area contributed by atoms with Crippen LogP contribution in [0.15, 0.2) is 30.6 Å². The van der Waals surface area contributed by atoms with Gasteiger partial charge in [0.2, 0.25) is 4.77 Å². The number of benzene rings is 1. The number of hydrogen-bond acceptors (Lipinski definition) is 4. The molecule has 3 N–H and O–H groups in total. The molecule has 0 aliphatic rings. The van der Waals surface area contributed by atoms with Crippen LogP contribution in [0.25, 0.3) is 11.2 Å². The molecule has 0 spiro atoms. The van der Waals surface area contributed by atoms with Gasteiger partial charge in [-0.05, 0) is 24.4 Å². The molecule has 7 heteroatoms. The zero-order valence-electron chi connectivity index (χ0n) is 9.07. The van der Waals surface area contributed by atoms with Gasteiger partial charge in [0.15, 0.2) is 5.65 Å². The molecule has 0 saturated heterocycles. The minimum Gasteiger partial charge on any atom is -0.340 e. The van der Waals surface area contributed by atoms with E-state index in [2.05, 4.69) is 25.3 Å². The maximum atomic E-state index is 13.6. The van der Waals surface area contributed by atoms with E-state index in [0.717, 1.165) is 0 Å². The standard InChI is InChI=1S/C11H8FN5S/c12-6-3-1-2-4-7(6)15-10-8-9(14-5-13-8)16-11(18)17-10/h1-5H,(H3,13,14,15,16,17,18). The lowest BCUT2D eigenvalue weighted by atomic mass is 10.3. The number of halogens is 1. The van der Waals surface area contributed by atoms with Crippen molar-refractivity contribution in [3.8, 4) is 0 Å². The normalized spacial score (nSPS) is 10.7. The summed E-state index contributed by atoms with van der Waals surface area (Å²) in [7, 11) is 0. The van der Waals surface area contributed by atoms with Gasteiger partial charge in [-0.15, -0.1) is 0 Å². The molecule has 90 valence electrons. The first kappa shape index (κ1) is 10.8. The van der Waals surface area contributed by atoms with Crippen LogP contribution in [0, 0.1) is 10.6 Å². The van der Waals surface area contributed by atoms with Gasteiger partial charge in [0.1, 0.15) is 17.2 Å². The van der Waals surface area contributed by atoms with E-state index in [1.807, 2.05) is 0 Å². The molecule has 0 unspecified atom stereocenters. The molecule has 3 aromatic rings. The van der Waals surface area contributed by atoms with Gasteiger partial charge in [-0.2, -0.15) is 4.98 Å². The van der Waals surface area contributed by atoms with Gasteiger partial charge in [-0.1, -0.05) is 12.1 Å². The van der Waals surface area contributed by atoms with Crippen molar-refractivity contribution in [2.24, 2.45) is 0 Å². The Kier molecular flexibility index (Phi) is 2.52. The highest BCUT2D eigenvalue weighted by atomic mass is 32.1. The Morgan fingerprint density at radius 2 is 2.11 bits per heavy atom. The van der Waals surface area contributed by atoms with Crippen molar-refractivity contribution in [3.05, 3.63) is 41.2 Å². The molecule has 2 heterocycles. The quantitative estimate of drug-likeness (QED) is 0.620. The number of nitrogens with zero attached hydrogens (tertiary/aromatic N) is 2. The lowest BCUT2D eigenvalue weighted by molar-refractivity contribution is 0.632. The highest BCUT2D eigenvalue weighted by molar-refractivity contribution is 7.71. The van der Waals surface area contributed by atoms with Gasteiger partial charge in [0.05, 0.1) is 12.0 Å². The highest BCUT2D eigenvalue weighted by Gasteiger charge is 2.08. The number of H-pyrrole nitrogens is 2. The number of hydrogen-bond donors (Lipinski definition) is 3. The predicted molar refractivity (Wildman–Crippen MR) is 68.8 cm³/mol. The smallest absolute Gasteiger partial charge is 0.200 e. The summed E-state index contributed by atoms with van der Waals surface area (Å²) >= 11 is 4.99. The molecule has 0 aliphatic carbocycles. The first-order chi connectivity index (χ1) is 8.74. The molecule has 2 aromatic heterocycles. The minimum atomic E-state index is -0.346. The molecule has 0 bridgehead atoms. The van der Waals surface area contributed by atoms with Crippen LogP contribution in [-0.4, -0.2) is 19.9 Å².